The van der Waals surface area contributed by atoms with E-state index in [9.17, 15) is 4.39 Å². The average Bonchev–Trinajstić information content (AvgIpc) is 2.32. The SMILES string of the molecule is Cc1ccc(CC(Br)c2ccc(Br)cc2F)cc1. The largest absolute Gasteiger partial charge is 0.207 e. The average molecular weight is 372 g/mol. The molecule has 18 heavy (non-hydrogen) atoms. The lowest BCUT2D eigenvalue weighted by Gasteiger charge is -2.12. The van der Waals surface area contributed by atoms with Crippen molar-refractivity contribution in [3.05, 3.63) is 69.4 Å². The fourth-order valence-corrected chi connectivity index (χ4v) is 2.87. The maximum absolute atomic E-state index is 13.8. The lowest BCUT2D eigenvalue weighted by Crippen LogP contribution is -1.98. The molecule has 0 radical (unpaired) electrons. The van der Waals surface area contributed by atoms with Crippen molar-refractivity contribution in [3.63, 3.8) is 0 Å². The van der Waals surface area contributed by atoms with Crippen LogP contribution in [0.3, 0.4) is 0 Å². The molecule has 1 atom stereocenters. The van der Waals surface area contributed by atoms with Crippen LogP contribution in [0.2, 0.25) is 0 Å². The van der Waals surface area contributed by atoms with E-state index in [4.69, 9.17) is 0 Å². The monoisotopic (exact) mass is 370 g/mol. The summed E-state index contributed by atoms with van der Waals surface area (Å²) in [5, 5.41) is 0. The van der Waals surface area contributed by atoms with Crippen LogP contribution in [0.25, 0.3) is 0 Å². The molecule has 0 bridgehead atoms. The Hall–Kier alpha value is -0.670. The Morgan fingerprint density at radius 1 is 1.11 bits per heavy atom. The minimum absolute atomic E-state index is 0.00620. The minimum atomic E-state index is -0.182. The zero-order chi connectivity index (χ0) is 13.1. The van der Waals surface area contributed by atoms with Gasteiger partial charge in [-0.15, -0.1) is 0 Å². The van der Waals surface area contributed by atoms with Crippen molar-refractivity contribution in [3.8, 4) is 0 Å². The molecule has 0 aliphatic heterocycles. The van der Waals surface area contributed by atoms with E-state index < -0.39 is 0 Å². The molecule has 2 aromatic rings. The van der Waals surface area contributed by atoms with Gasteiger partial charge in [0, 0.05) is 14.9 Å². The summed E-state index contributed by atoms with van der Waals surface area (Å²) in [5.41, 5.74) is 3.13. The van der Waals surface area contributed by atoms with Crippen molar-refractivity contribution >= 4 is 31.9 Å². The third-order valence-electron chi connectivity index (χ3n) is 2.84. The van der Waals surface area contributed by atoms with Crippen molar-refractivity contribution in [2.45, 2.75) is 18.2 Å². The highest BCUT2D eigenvalue weighted by Crippen LogP contribution is 2.30. The number of benzene rings is 2. The van der Waals surface area contributed by atoms with E-state index >= 15 is 0 Å². The van der Waals surface area contributed by atoms with E-state index in [0.29, 0.717) is 5.56 Å². The Labute approximate surface area is 123 Å². The van der Waals surface area contributed by atoms with Gasteiger partial charge in [-0.25, -0.2) is 4.39 Å². The molecule has 94 valence electrons. The number of hydrogen-bond donors (Lipinski definition) is 0. The van der Waals surface area contributed by atoms with E-state index in [1.54, 1.807) is 0 Å². The first kappa shape index (κ1) is 13.8. The quantitative estimate of drug-likeness (QED) is 0.618. The molecule has 2 aromatic carbocycles. The van der Waals surface area contributed by atoms with Gasteiger partial charge in [0.05, 0.1) is 0 Å². The molecule has 2 rings (SSSR count). The molecular weight excluding hydrogens is 359 g/mol. The topological polar surface area (TPSA) is 0 Å². The Bertz CT molecular complexity index is 535. The van der Waals surface area contributed by atoms with E-state index in [0.717, 1.165) is 10.9 Å². The molecule has 0 saturated carbocycles. The standard InChI is InChI=1S/C15H13Br2F/c1-10-2-4-11(5-3-10)8-14(17)13-7-6-12(16)9-15(13)18/h2-7,9,14H,8H2,1H3. The van der Waals surface area contributed by atoms with Crippen LogP contribution in [0.4, 0.5) is 4.39 Å². The van der Waals surface area contributed by atoms with Gasteiger partial charge < -0.3 is 0 Å². The maximum Gasteiger partial charge on any atom is 0.128 e. The van der Waals surface area contributed by atoms with Crippen molar-refractivity contribution in [1.82, 2.24) is 0 Å². The van der Waals surface area contributed by atoms with Crippen LogP contribution < -0.4 is 0 Å². The number of alkyl halides is 1. The summed E-state index contributed by atoms with van der Waals surface area (Å²) in [6.45, 7) is 2.06. The Kier molecular flexibility index (Phi) is 4.57. The second-order valence-electron chi connectivity index (χ2n) is 4.32. The number of aryl methyl sites for hydroxylation is 1. The van der Waals surface area contributed by atoms with Crippen LogP contribution in [-0.2, 0) is 6.42 Å². The summed E-state index contributed by atoms with van der Waals surface area (Å²) in [5.74, 6) is -0.182. The number of halogens is 3. The van der Waals surface area contributed by atoms with Crippen LogP contribution in [0.15, 0.2) is 46.9 Å². The molecule has 0 aromatic heterocycles. The first-order valence-electron chi connectivity index (χ1n) is 5.71. The molecule has 1 unspecified atom stereocenters. The van der Waals surface area contributed by atoms with E-state index in [-0.39, 0.29) is 10.6 Å². The van der Waals surface area contributed by atoms with E-state index in [2.05, 4.69) is 63.0 Å². The number of rotatable bonds is 3. The van der Waals surface area contributed by atoms with Gasteiger partial charge in [-0.1, -0.05) is 67.8 Å². The normalized spacial score (nSPS) is 12.4. The van der Waals surface area contributed by atoms with Gasteiger partial charge in [0.2, 0.25) is 0 Å². The highest BCUT2D eigenvalue weighted by molar-refractivity contribution is 9.10. The minimum Gasteiger partial charge on any atom is -0.207 e. The van der Waals surface area contributed by atoms with E-state index in [1.807, 2.05) is 12.1 Å². The Morgan fingerprint density at radius 2 is 1.78 bits per heavy atom. The van der Waals surface area contributed by atoms with Crippen LogP contribution in [0, 0.1) is 12.7 Å². The molecule has 0 aliphatic carbocycles. The molecule has 0 nitrogen and oxygen atoms in total. The van der Waals surface area contributed by atoms with Crippen molar-refractivity contribution in [1.29, 1.82) is 0 Å². The third kappa shape index (κ3) is 3.42. The zero-order valence-electron chi connectivity index (χ0n) is 9.96. The Balaban J connectivity index is 2.16. The van der Waals surface area contributed by atoms with Crippen molar-refractivity contribution in [2.75, 3.05) is 0 Å². The van der Waals surface area contributed by atoms with Gasteiger partial charge in [-0.2, -0.15) is 0 Å². The molecule has 0 saturated heterocycles. The summed E-state index contributed by atoms with van der Waals surface area (Å²) >= 11 is 6.83. The van der Waals surface area contributed by atoms with Gasteiger partial charge in [-0.05, 0) is 31.0 Å². The summed E-state index contributed by atoms with van der Waals surface area (Å²) in [6.07, 6.45) is 0.777. The highest BCUT2D eigenvalue weighted by Gasteiger charge is 2.13. The second-order valence-corrected chi connectivity index (χ2v) is 6.34. The first-order chi connectivity index (χ1) is 8.56. The van der Waals surface area contributed by atoms with Crippen molar-refractivity contribution in [2.24, 2.45) is 0 Å². The van der Waals surface area contributed by atoms with Crippen LogP contribution in [-0.4, -0.2) is 0 Å². The molecule has 0 heterocycles. The zero-order valence-corrected chi connectivity index (χ0v) is 13.1. The van der Waals surface area contributed by atoms with Gasteiger partial charge in [0.25, 0.3) is 0 Å². The smallest absolute Gasteiger partial charge is 0.128 e. The second kappa shape index (κ2) is 5.98. The van der Waals surface area contributed by atoms with Gasteiger partial charge >= 0.3 is 0 Å². The van der Waals surface area contributed by atoms with Crippen LogP contribution >= 0.6 is 31.9 Å². The lowest BCUT2D eigenvalue weighted by atomic mass is 10.0. The maximum atomic E-state index is 13.8. The van der Waals surface area contributed by atoms with Crippen LogP contribution in [0.5, 0.6) is 0 Å². The molecule has 0 fully saturated rings. The molecule has 0 amide bonds. The molecule has 3 heteroatoms. The lowest BCUT2D eigenvalue weighted by molar-refractivity contribution is 0.607. The van der Waals surface area contributed by atoms with Crippen molar-refractivity contribution < 1.29 is 4.39 Å². The van der Waals surface area contributed by atoms with Gasteiger partial charge in [0.15, 0.2) is 0 Å². The third-order valence-corrected chi connectivity index (χ3v) is 4.15. The molecule has 0 spiro atoms. The summed E-state index contributed by atoms with van der Waals surface area (Å²) in [6, 6.07) is 13.5. The fraction of sp³-hybridized carbons (Fsp3) is 0.200. The molecular formula is C15H13Br2F. The molecule has 0 N–H and O–H groups in total. The Morgan fingerprint density at radius 3 is 2.39 bits per heavy atom. The van der Waals surface area contributed by atoms with Gasteiger partial charge in [0.1, 0.15) is 5.82 Å². The fourth-order valence-electron chi connectivity index (χ4n) is 1.80. The molecule has 0 aliphatic rings. The first-order valence-corrected chi connectivity index (χ1v) is 7.41. The summed E-state index contributed by atoms with van der Waals surface area (Å²) < 4.78 is 14.6. The highest BCUT2D eigenvalue weighted by atomic mass is 79.9. The number of hydrogen-bond acceptors (Lipinski definition) is 0. The predicted octanol–water partition coefficient (Wildman–Crippen LogP) is 5.58. The van der Waals surface area contributed by atoms with Gasteiger partial charge in [-0.3, -0.25) is 0 Å². The summed E-state index contributed by atoms with van der Waals surface area (Å²) in [4.78, 5) is -0.00620. The predicted molar refractivity (Wildman–Crippen MR) is 80.7 cm³/mol. The summed E-state index contributed by atoms with van der Waals surface area (Å²) in [7, 11) is 0. The van der Waals surface area contributed by atoms with E-state index in [1.165, 1.54) is 17.2 Å². The van der Waals surface area contributed by atoms with Crippen LogP contribution in [0.1, 0.15) is 21.5 Å².